The Kier molecular flexibility index (Phi) is 5.36. The van der Waals surface area contributed by atoms with E-state index in [0.717, 1.165) is 16.9 Å². The first-order valence-corrected chi connectivity index (χ1v) is 8.57. The number of carbonyl (C=O) groups excluding carboxylic acids is 1. The maximum Gasteiger partial charge on any atom is 0.195 e. The van der Waals surface area contributed by atoms with Crippen molar-refractivity contribution in [3.05, 3.63) is 62.3 Å². The van der Waals surface area contributed by atoms with Crippen molar-refractivity contribution in [2.45, 2.75) is 41.0 Å². The van der Waals surface area contributed by atoms with Gasteiger partial charge in [0.1, 0.15) is 0 Å². The molecule has 0 unspecified atom stereocenters. The summed E-state index contributed by atoms with van der Waals surface area (Å²) in [6.45, 7) is 10.7. The maximum absolute atomic E-state index is 12.3. The van der Waals surface area contributed by atoms with Crippen LogP contribution in [-0.2, 0) is 6.42 Å². The summed E-state index contributed by atoms with van der Waals surface area (Å²) in [4.78, 5) is 14.4. The number of rotatable bonds is 5. The van der Waals surface area contributed by atoms with Crippen molar-refractivity contribution in [1.82, 2.24) is 0 Å². The molecule has 2 aromatic rings. The summed E-state index contributed by atoms with van der Waals surface area (Å²) in [6.07, 6.45) is 4.65. The van der Waals surface area contributed by atoms with Crippen LogP contribution in [0.25, 0.3) is 6.08 Å². The molecule has 0 radical (unpaired) electrons. The normalized spacial score (nSPS) is 11.5. The average Bonchev–Trinajstić information content (AvgIpc) is 2.89. The molecule has 0 N–H and O–H groups in total. The van der Waals surface area contributed by atoms with E-state index in [-0.39, 0.29) is 5.78 Å². The lowest BCUT2D eigenvalue weighted by molar-refractivity contribution is 0.105. The minimum absolute atomic E-state index is 0.0934. The first-order valence-electron chi connectivity index (χ1n) is 7.75. The zero-order valence-corrected chi connectivity index (χ0v) is 14.9. The number of aryl methyl sites for hydroxylation is 2. The second-order valence-electron chi connectivity index (χ2n) is 6.34. The number of hydrogen-bond acceptors (Lipinski definition) is 2. The van der Waals surface area contributed by atoms with E-state index >= 15 is 0 Å². The van der Waals surface area contributed by atoms with Crippen molar-refractivity contribution in [3.63, 3.8) is 0 Å². The third-order valence-electron chi connectivity index (χ3n) is 3.89. The van der Waals surface area contributed by atoms with Crippen LogP contribution in [0, 0.1) is 26.7 Å². The lowest BCUT2D eigenvalue weighted by atomic mass is 10.0. The minimum Gasteiger partial charge on any atom is -0.288 e. The summed E-state index contributed by atoms with van der Waals surface area (Å²) >= 11 is 1.61. The highest BCUT2D eigenvalue weighted by Crippen LogP contribution is 2.21. The van der Waals surface area contributed by atoms with Crippen LogP contribution in [0.5, 0.6) is 0 Å². The lowest BCUT2D eigenvalue weighted by Gasteiger charge is -2.05. The molecule has 0 atom stereocenters. The quantitative estimate of drug-likeness (QED) is 0.506. The minimum atomic E-state index is 0.0934. The van der Waals surface area contributed by atoms with Crippen LogP contribution >= 0.6 is 11.3 Å². The van der Waals surface area contributed by atoms with E-state index in [9.17, 15) is 4.79 Å². The summed E-state index contributed by atoms with van der Waals surface area (Å²) in [6, 6.07) is 8.28. The lowest BCUT2D eigenvalue weighted by Crippen LogP contribution is -1.91. The van der Waals surface area contributed by atoms with Gasteiger partial charge in [-0.05, 0) is 73.6 Å². The van der Waals surface area contributed by atoms with Gasteiger partial charge in [0.05, 0.1) is 4.88 Å². The van der Waals surface area contributed by atoms with Crippen LogP contribution in [0.4, 0.5) is 0 Å². The van der Waals surface area contributed by atoms with Crippen LogP contribution in [0.3, 0.4) is 0 Å². The summed E-state index contributed by atoms with van der Waals surface area (Å²) in [5, 5.41) is 0. The van der Waals surface area contributed by atoms with E-state index in [4.69, 9.17) is 0 Å². The molecule has 2 rings (SSSR count). The molecule has 1 aromatic carbocycles. The van der Waals surface area contributed by atoms with Gasteiger partial charge >= 0.3 is 0 Å². The Hall–Kier alpha value is -1.67. The summed E-state index contributed by atoms with van der Waals surface area (Å²) in [7, 11) is 0. The Morgan fingerprint density at radius 2 is 1.77 bits per heavy atom. The fraction of sp³-hybridized carbons (Fsp3) is 0.350. The van der Waals surface area contributed by atoms with Crippen molar-refractivity contribution in [3.8, 4) is 0 Å². The SMILES string of the molecule is Cc1cc(/C=C/C(=O)c2ccc(CC(C)C)s2)cc(C)c1C. The highest BCUT2D eigenvalue weighted by molar-refractivity contribution is 7.14. The fourth-order valence-electron chi connectivity index (χ4n) is 2.44. The van der Waals surface area contributed by atoms with E-state index in [1.807, 2.05) is 12.1 Å². The van der Waals surface area contributed by atoms with Gasteiger partial charge in [-0.25, -0.2) is 0 Å². The van der Waals surface area contributed by atoms with Gasteiger partial charge < -0.3 is 0 Å². The van der Waals surface area contributed by atoms with Crippen LogP contribution in [0.1, 0.15) is 50.7 Å². The zero-order chi connectivity index (χ0) is 16.3. The van der Waals surface area contributed by atoms with Gasteiger partial charge in [-0.3, -0.25) is 4.79 Å². The largest absolute Gasteiger partial charge is 0.288 e. The van der Waals surface area contributed by atoms with Crippen molar-refractivity contribution >= 4 is 23.2 Å². The van der Waals surface area contributed by atoms with Gasteiger partial charge in [0.25, 0.3) is 0 Å². The van der Waals surface area contributed by atoms with Gasteiger partial charge in [0.2, 0.25) is 0 Å². The monoisotopic (exact) mass is 312 g/mol. The molecule has 0 aliphatic rings. The molecular formula is C20H24OS. The fourth-order valence-corrected chi connectivity index (χ4v) is 3.58. The van der Waals surface area contributed by atoms with Gasteiger partial charge in [-0.15, -0.1) is 11.3 Å². The van der Waals surface area contributed by atoms with Crippen molar-refractivity contribution in [1.29, 1.82) is 0 Å². The molecule has 0 saturated carbocycles. The molecule has 1 aromatic heterocycles. The van der Waals surface area contributed by atoms with Gasteiger partial charge in [-0.2, -0.15) is 0 Å². The van der Waals surface area contributed by atoms with Crippen molar-refractivity contribution < 1.29 is 4.79 Å². The number of thiophene rings is 1. The van der Waals surface area contributed by atoms with Crippen molar-refractivity contribution in [2.24, 2.45) is 5.92 Å². The summed E-state index contributed by atoms with van der Waals surface area (Å²) < 4.78 is 0. The smallest absolute Gasteiger partial charge is 0.195 e. The highest BCUT2D eigenvalue weighted by atomic mass is 32.1. The van der Waals surface area contributed by atoms with E-state index < -0.39 is 0 Å². The van der Waals surface area contributed by atoms with E-state index in [1.54, 1.807) is 17.4 Å². The second-order valence-corrected chi connectivity index (χ2v) is 7.51. The summed E-state index contributed by atoms with van der Waals surface area (Å²) in [5.74, 6) is 0.714. The summed E-state index contributed by atoms with van der Waals surface area (Å²) in [5.41, 5.74) is 4.94. The second kappa shape index (κ2) is 7.06. The van der Waals surface area contributed by atoms with Crippen LogP contribution in [0.15, 0.2) is 30.3 Å². The zero-order valence-electron chi connectivity index (χ0n) is 14.1. The Bertz CT molecular complexity index is 681. The Morgan fingerprint density at radius 3 is 2.36 bits per heavy atom. The topological polar surface area (TPSA) is 17.1 Å². The molecule has 0 amide bonds. The van der Waals surface area contributed by atoms with Gasteiger partial charge in [0, 0.05) is 4.88 Å². The van der Waals surface area contributed by atoms with Gasteiger partial charge in [0.15, 0.2) is 5.78 Å². The Labute approximate surface area is 137 Å². The molecule has 22 heavy (non-hydrogen) atoms. The predicted octanol–water partition coefficient (Wildman–Crippen LogP) is 5.77. The Balaban J connectivity index is 2.13. The molecule has 0 spiro atoms. The van der Waals surface area contributed by atoms with Crippen LogP contribution < -0.4 is 0 Å². The molecule has 0 fully saturated rings. The molecule has 0 bridgehead atoms. The highest BCUT2D eigenvalue weighted by Gasteiger charge is 2.08. The van der Waals surface area contributed by atoms with E-state index in [0.29, 0.717) is 5.92 Å². The molecule has 1 nitrogen and oxygen atoms in total. The molecule has 2 heteroatoms. The predicted molar refractivity (Wildman–Crippen MR) is 96.9 cm³/mol. The first-order chi connectivity index (χ1) is 10.4. The molecule has 0 aliphatic carbocycles. The van der Waals surface area contributed by atoms with E-state index in [2.05, 4.69) is 52.8 Å². The number of hydrogen-bond donors (Lipinski definition) is 0. The molecule has 0 aliphatic heterocycles. The average molecular weight is 312 g/mol. The number of allylic oxidation sites excluding steroid dienone is 1. The molecular weight excluding hydrogens is 288 g/mol. The first kappa shape index (κ1) is 16.7. The number of carbonyl (C=O) groups is 1. The molecule has 0 saturated heterocycles. The van der Waals surface area contributed by atoms with Crippen LogP contribution in [-0.4, -0.2) is 5.78 Å². The van der Waals surface area contributed by atoms with Crippen LogP contribution in [0.2, 0.25) is 0 Å². The maximum atomic E-state index is 12.3. The van der Waals surface area contributed by atoms with Gasteiger partial charge in [-0.1, -0.05) is 32.1 Å². The van der Waals surface area contributed by atoms with E-state index in [1.165, 1.54) is 21.6 Å². The third kappa shape index (κ3) is 4.17. The molecule has 116 valence electrons. The number of benzene rings is 1. The molecule has 1 heterocycles. The number of ketones is 1. The third-order valence-corrected chi connectivity index (χ3v) is 5.01. The van der Waals surface area contributed by atoms with Crippen molar-refractivity contribution in [2.75, 3.05) is 0 Å². The standard InChI is InChI=1S/C20H24OS/c1-13(2)10-18-7-9-20(22-18)19(21)8-6-17-11-14(3)16(5)15(4)12-17/h6-9,11-13H,10H2,1-5H3/b8-6+. The Morgan fingerprint density at radius 1 is 1.14 bits per heavy atom.